The lowest BCUT2D eigenvalue weighted by Crippen LogP contribution is -2.33. The summed E-state index contributed by atoms with van der Waals surface area (Å²) in [4.78, 5) is 8.79. The number of nitrogens with one attached hydrogen (secondary N) is 1. The van der Waals surface area contributed by atoms with Crippen LogP contribution in [0, 0.1) is 13.8 Å². The van der Waals surface area contributed by atoms with Gasteiger partial charge in [-0.25, -0.2) is 4.98 Å². The predicted molar refractivity (Wildman–Crippen MR) is 64.1 cm³/mol. The molecule has 15 heavy (non-hydrogen) atoms. The van der Waals surface area contributed by atoms with Gasteiger partial charge in [-0.1, -0.05) is 13.8 Å². The molecule has 3 heteroatoms. The fourth-order valence-corrected chi connectivity index (χ4v) is 1.37. The maximum atomic E-state index is 4.48. The second kappa shape index (κ2) is 4.60. The van der Waals surface area contributed by atoms with E-state index in [1.807, 2.05) is 13.8 Å². The summed E-state index contributed by atoms with van der Waals surface area (Å²) in [5, 5.41) is 3.49. The van der Waals surface area contributed by atoms with E-state index < -0.39 is 0 Å². The molecule has 1 aromatic heterocycles. The fraction of sp³-hybridized carbons (Fsp3) is 0.667. The van der Waals surface area contributed by atoms with Crippen molar-refractivity contribution in [2.75, 3.05) is 5.32 Å². The van der Waals surface area contributed by atoms with Crippen LogP contribution in [-0.2, 0) is 0 Å². The summed E-state index contributed by atoms with van der Waals surface area (Å²) in [5.74, 6) is 0.918. The number of hydrogen-bond acceptors (Lipinski definition) is 3. The van der Waals surface area contributed by atoms with Crippen LogP contribution >= 0.6 is 0 Å². The Morgan fingerprint density at radius 1 is 1.27 bits per heavy atom. The van der Waals surface area contributed by atoms with Crippen molar-refractivity contribution in [1.82, 2.24) is 9.97 Å². The van der Waals surface area contributed by atoms with E-state index in [-0.39, 0.29) is 5.54 Å². The maximum Gasteiger partial charge on any atom is 0.148 e. The van der Waals surface area contributed by atoms with Gasteiger partial charge >= 0.3 is 0 Å². The van der Waals surface area contributed by atoms with Crippen molar-refractivity contribution in [2.24, 2.45) is 0 Å². The molecule has 1 heterocycles. The molecule has 0 aliphatic rings. The third kappa shape index (κ3) is 2.91. The van der Waals surface area contributed by atoms with E-state index in [0.29, 0.717) is 0 Å². The normalized spacial score (nSPS) is 11.5. The topological polar surface area (TPSA) is 37.8 Å². The number of aromatic nitrogens is 2. The van der Waals surface area contributed by atoms with Crippen molar-refractivity contribution in [3.8, 4) is 0 Å². The van der Waals surface area contributed by atoms with E-state index >= 15 is 0 Å². The Kier molecular flexibility index (Phi) is 3.66. The largest absolute Gasteiger partial charge is 0.363 e. The number of hydrogen-bond donors (Lipinski definition) is 1. The Labute approximate surface area is 92.3 Å². The SMILES string of the molecule is CCC(C)(CC)Nc1nc(C)cnc1C. The van der Waals surface area contributed by atoms with Crippen molar-refractivity contribution >= 4 is 5.82 Å². The summed E-state index contributed by atoms with van der Waals surface area (Å²) in [6.07, 6.45) is 3.97. The molecule has 0 saturated heterocycles. The van der Waals surface area contributed by atoms with Crippen molar-refractivity contribution < 1.29 is 0 Å². The monoisotopic (exact) mass is 207 g/mol. The molecule has 0 bridgehead atoms. The van der Waals surface area contributed by atoms with E-state index in [9.17, 15) is 0 Å². The number of nitrogens with zero attached hydrogens (tertiary/aromatic N) is 2. The molecular formula is C12H21N3. The van der Waals surface area contributed by atoms with Gasteiger partial charge in [-0.3, -0.25) is 4.98 Å². The highest BCUT2D eigenvalue weighted by Gasteiger charge is 2.20. The first-order valence-corrected chi connectivity index (χ1v) is 5.59. The highest BCUT2D eigenvalue weighted by Crippen LogP contribution is 2.21. The first kappa shape index (κ1) is 12.0. The molecular weight excluding hydrogens is 186 g/mol. The van der Waals surface area contributed by atoms with Crippen LogP contribution in [-0.4, -0.2) is 15.5 Å². The van der Waals surface area contributed by atoms with Crippen molar-refractivity contribution in [3.05, 3.63) is 17.6 Å². The first-order valence-electron chi connectivity index (χ1n) is 5.59. The molecule has 1 aromatic rings. The van der Waals surface area contributed by atoms with Gasteiger partial charge < -0.3 is 5.32 Å². The van der Waals surface area contributed by atoms with Crippen molar-refractivity contribution in [1.29, 1.82) is 0 Å². The Morgan fingerprint density at radius 2 is 1.87 bits per heavy atom. The lowest BCUT2D eigenvalue weighted by atomic mass is 9.95. The van der Waals surface area contributed by atoms with Crippen LogP contribution in [0.4, 0.5) is 5.82 Å². The van der Waals surface area contributed by atoms with Gasteiger partial charge in [0.15, 0.2) is 0 Å². The molecule has 1 rings (SSSR count). The summed E-state index contributed by atoms with van der Waals surface area (Å²) in [6.45, 7) is 10.5. The molecule has 0 aromatic carbocycles. The van der Waals surface area contributed by atoms with Crippen LogP contribution in [0.25, 0.3) is 0 Å². The smallest absolute Gasteiger partial charge is 0.148 e. The lowest BCUT2D eigenvalue weighted by Gasteiger charge is -2.29. The van der Waals surface area contributed by atoms with E-state index in [1.54, 1.807) is 6.20 Å². The Bertz CT molecular complexity index is 330. The molecule has 0 amide bonds. The predicted octanol–water partition coefficient (Wildman–Crippen LogP) is 3.08. The molecule has 0 spiro atoms. The molecule has 1 N–H and O–H groups in total. The number of aryl methyl sites for hydroxylation is 2. The standard InChI is InChI=1S/C12H21N3/c1-6-12(5,7-2)15-11-10(4)13-8-9(3)14-11/h8H,6-7H2,1-5H3,(H,14,15). The minimum Gasteiger partial charge on any atom is -0.363 e. The van der Waals surface area contributed by atoms with Crippen LogP contribution in [0.1, 0.15) is 45.0 Å². The van der Waals surface area contributed by atoms with Gasteiger partial charge in [-0.05, 0) is 33.6 Å². The van der Waals surface area contributed by atoms with Gasteiger partial charge in [0.05, 0.1) is 11.4 Å². The molecule has 0 unspecified atom stereocenters. The molecule has 3 nitrogen and oxygen atoms in total. The lowest BCUT2D eigenvalue weighted by molar-refractivity contribution is 0.476. The zero-order valence-corrected chi connectivity index (χ0v) is 10.4. The summed E-state index contributed by atoms with van der Waals surface area (Å²) in [6, 6.07) is 0. The van der Waals surface area contributed by atoms with Crippen LogP contribution < -0.4 is 5.32 Å². The average molecular weight is 207 g/mol. The Balaban J connectivity index is 2.92. The van der Waals surface area contributed by atoms with Crippen LogP contribution in [0.3, 0.4) is 0 Å². The van der Waals surface area contributed by atoms with Crippen molar-refractivity contribution in [2.45, 2.75) is 53.0 Å². The van der Waals surface area contributed by atoms with Crippen LogP contribution in [0.5, 0.6) is 0 Å². The Hall–Kier alpha value is -1.12. The van der Waals surface area contributed by atoms with Gasteiger partial charge in [0, 0.05) is 11.7 Å². The second-order valence-electron chi connectivity index (χ2n) is 4.34. The minimum atomic E-state index is 0.118. The minimum absolute atomic E-state index is 0.118. The molecule has 0 fully saturated rings. The quantitative estimate of drug-likeness (QED) is 0.824. The van der Waals surface area contributed by atoms with Gasteiger partial charge in [-0.2, -0.15) is 0 Å². The van der Waals surface area contributed by atoms with Gasteiger partial charge in [0.2, 0.25) is 0 Å². The van der Waals surface area contributed by atoms with Crippen LogP contribution in [0.15, 0.2) is 6.20 Å². The summed E-state index contributed by atoms with van der Waals surface area (Å²) >= 11 is 0. The van der Waals surface area contributed by atoms with E-state index in [0.717, 1.165) is 30.0 Å². The Morgan fingerprint density at radius 3 is 2.40 bits per heavy atom. The van der Waals surface area contributed by atoms with E-state index in [2.05, 4.69) is 36.1 Å². The molecule has 0 radical (unpaired) electrons. The zero-order valence-electron chi connectivity index (χ0n) is 10.4. The number of anilines is 1. The molecule has 0 saturated carbocycles. The van der Waals surface area contributed by atoms with E-state index in [4.69, 9.17) is 0 Å². The summed E-state index contributed by atoms with van der Waals surface area (Å²) < 4.78 is 0. The first-order chi connectivity index (χ1) is 7.00. The molecule has 84 valence electrons. The van der Waals surface area contributed by atoms with Gasteiger partial charge in [0.25, 0.3) is 0 Å². The highest BCUT2D eigenvalue weighted by atomic mass is 15.1. The number of rotatable bonds is 4. The highest BCUT2D eigenvalue weighted by molar-refractivity contribution is 5.42. The van der Waals surface area contributed by atoms with Crippen LogP contribution in [0.2, 0.25) is 0 Å². The summed E-state index contributed by atoms with van der Waals surface area (Å²) in [7, 11) is 0. The van der Waals surface area contributed by atoms with Gasteiger partial charge in [-0.15, -0.1) is 0 Å². The summed E-state index contributed by atoms with van der Waals surface area (Å²) in [5.41, 5.74) is 2.04. The fourth-order valence-electron chi connectivity index (χ4n) is 1.37. The van der Waals surface area contributed by atoms with Crippen molar-refractivity contribution in [3.63, 3.8) is 0 Å². The zero-order chi connectivity index (χ0) is 11.5. The third-order valence-corrected chi connectivity index (χ3v) is 3.06. The third-order valence-electron chi connectivity index (χ3n) is 3.06. The maximum absolute atomic E-state index is 4.48. The molecule has 0 aliphatic carbocycles. The average Bonchev–Trinajstić information content (AvgIpc) is 2.23. The molecule has 0 atom stereocenters. The van der Waals surface area contributed by atoms with E-state index in [1.165, 1.54) is 0 Å². The van der Waals surface area contributed by atoms with Gasteiger partial charge in [0.1, 0.15) is 5.82 Å². The second-order valence-corrected chi connectivity index (χ2v) is 4.34. The molecule has 0 aliphatic heterocycles.